The van der Waals surface area contributed by atoms with Gasteiger partial charge in [0.2, 0.25) is 11.8 Å². The predicted octanol–water partition coefficient (Wildman–Crippen LogP) is 1.35. The fourth-order valence-electron chi connectivity index (χ4n) is 3.28. The van der Waals surface area contributed by atoms with Gasteiger partial charge in [0.05, 0.1) is 30.6 Å². The number of anilines is 1. The first-order chi connectivity index (χ1) is 13.5. The molecule has 3 rings (SSSR count). The second kappa shape index (κ2) is 9.18. The van der Waals surface area contributed by atoms with Crippen molar-refractivity contribution in [3.8, 4) is 0 Å². The van der Waals surface area contributed by atoms with Crippen molar-refractivity contribution in [2.45, 2.75) is 19.4 Å². The average Bonchev–Trinajstić information content (AvgIpc) is 3.20. The molecule has 148 valence electrons. The molecule has 8 heteroatoms. The van der Waals surface area contributed by atoms with E-state index in [1.54, 1.807) is 36.6 Å². The number of para-hydroxylation sites is 1. The number of piperidine rings is 1. The Morgan fingerprint density at radius 2 is 1.86 bits per heavy atom. The molecule has 0 atom stereocenters. The molecule has 2 aromatic rings. The summed E-state index contributed by atoms with van der Waals surface area (Å²) >= 11 is 0. The van der Waals surface area contributed by atoms with Crippen LogP contribution in [0.1, 0.15) is 29.0 Å². The van der Waals surface area contributed by atoms with E-state index in [-0.39, 0.29) is 29.8 Å². The fraction of sp³-hybridized carbons (Fsp3) is 0.350. The van der Waals surface area contributed by atoms with Gasteiger partial charge >= 0.3 is 0 Å². The standard InChI is InChI=1S/C20H24N4O4/c21-19(26)16-5-1-2-6-17(16)23-18(25)13-24-9-7-14(8-10-24)20(27)22-12-15-4-3-11-28-15/h1-6,11,14H,7-10,12-13H2,(H2,21,26)(H,22,27)(H,23,25). The number of hydrogen-bond acceptors (Lipinski definition) is 5. The minimum Gasteiger partial charge on any atom is -0.467 e. The van der Waals surface area contributed by atoms with E-state index in [4.69, 9.17) is 10.2 Å². The third kappa shape index (κ3) is 5.20. The van der Waals surface area contributed by atoms with E-state index >= 15 is 0 Å². The number of carbonyl (C=O) groups excluding carboxylic acids is 3. The van der Waals surface area contributed by atoms with Gasteiger partial charge in [-0.15, -0.1) is 0 Å². The van der Waals surface area contributed by atoms with Crippen LogP contribution in [-0.2, 0) is 16.1 Å². The summed E-state index contributed by atoms with van der Waals surface area (Å²) in [5.74, 6) is -0.133. The highest BCUT2D eigenvalue weighted by molar-refractivity contribution is 6.03. The quantitative estimate of drug-likeness (QED) is 0.666. The van der Waals surface area contributed by atoms with Gasteiger partial charge in [-0.2, -0.15) is 0 Å². The number of carbonyl (C=O) groups is 3. The number of hydrogen-bond donors (Lipinski definition) is 3. The Morgan fingerprint density at radius 1 is 1.11 bits per heavy atom. The first kappa shape index (κ1) is 19.6. The van der Waals surface area contributed by atoms with Crippen LogP contribution in [0.15, 0.2) is 47.1 Å². The summed E-state index contributed by atoms with van der Waals surface area (Å²) in [6.45, 7) is 1.90. The van der Waals surface area contributed by atoms with Gasteiger partial charge in [-0.05, 0) is 50.2 Å². The van der Waals surface area contributed by atoms with Gasteiger partial charge in [0.25, 0.3) is 5.91 Å². The highest BCUT2D eigenvalue weighted by Gasteiger charge is 2.26. The van der Waals surface area contributed by atoms with Crippen molar-refractivity contribution in [3.05, 3.63) is 54.0 Å². The topological polar surface area (TPSA) is 118 Å². The molecule has 1 aromatic carbocycles. The van der Waals surface area contributed by atoms with Gasteiger partial charge in [0.1, 0.15) is 5.76 Å². The molecule has 1 fully saturated rings. The molecule has 1 aromatic heterocycles. The number of amides is 3. The van der Waals surface area contributed by atoms with Crippen molar-refractivity contribution in [3.63, 3.8) is 0 Å². The van der Waals surface area contributed by atoms with E-state index in [0.717, 1.165) is 5.76 Å². The molecule has 0 aliphatic carbocycles. The van der Waals surface area contributed by atoms with Crippen LogP contribution in [0.5, 0.6) is 0 Å². The molecule has 1 aliphatic rings. The second-order valence-electron chi connectivity index (χ2n) is 6.81. The SMILES string of the molecule is NC(=O)c1ccccc1NC(=O)CN1CCC(C(=O)NCc2ccco2)CC1. The summed E-state index contributed by atoms with van der Waals surface area (Å²) in [6, 6.07) is 10.2. The zero-order valence-electron chi connectivity index (χ0n) is 15.5. The molecule has 3 amide bonds. The number of primary amides is 1. The lowest BCUT2D eigenvalue weighted by Gasteiger charge is -2.30. The number of nitrogens with zero attached hydrogens (tertiary/aromatic N) is 1. The van der Waals surface area contributed by atoms with Gasteiger partial charge in [0, 0.05) is 5.92 Å². The maximum atomic E-state index is 12.3. The first-order valence-corrected chi connectivity index (χ1v) is 9.24. The molecule has 2 heterocycles. The van der Waals surface area contributed by atoms with Crippen molar-refractivity contribution < 1.29 is 18.8 Å². The van der Waals surface area contributed by atoms with Gasteiger partial charge in [0.15, 0.2) is 0 Å². The Hall–Kier alpha value is -3.13. The van der Waals surface area contributed by atoms with Crippen LogP contribution in [0.4, 0.5) is 5.69 Å². The Labute approximate surface area is 163 Å². The van der Waals surface area contributed by atoms with Crippen molar-refractivity contribution in [1.82, 2.24) is 10.2 Å². The Bertz CT molecular complexity index is 826. The summed E-state index contributed by atoms with van der Waals surface area (Å²) in [7, 11) is 0. The highest BCUT2D eigenvalue weighted by atomic mass is 16.3. The molecular weight excluding hydrogens is 360 g/mol. The van der Waals surface area contributed by atoms with E-state index in [1.807, 2.05) is 11.0 Å². The van der Waals surface area contributed by atoms with Crippen LogP contribution >= 0.6 is 0 Å². The van der Waals surface area contributed by atoms with Gasteiger partial charge in [-0.3, -0.25) is 19.3 Å². The zero-order chi connectivity index (χ0) is 19.9. The normalized spacial score (nSPS) is 15.1. The molecule has 8 nitrogen and oxygen atoms in total. The largest absolute Gasteiger partial charge is 0.467 e. The number of nitrogens with one attached hydrogen (secondary N) is 2. The molecular formula is C20H24N4O4. The predicted molar refractivity (Wildman–Crippen MR) is 103 cm³/mol. The number of rotatable bonds is 7. The van der Waals surface area contributed by atoms with Crippen LogP contribution in [0.3, 0.4) is 0 Å². The molecule has 0 unspecified atom stereocenters. The van der Waals surface area contributed by atoms with Crippen LogP contribution in [-0.4, -0.2) is 42.3 Å². The van der Waals surface area contributed by atoms with E-state index in [9.17, 15) is 14.4 Å². The third-order valence-electron chi connectivity index (χ3n) is 4.81. The Balaban J connectivity index is 1.43. The highest BCUT2D eigenvalue weighted by Crippen LogP contribution is 2.18. The van der Waals surface area contributed by atoms with E-state index in [2.05, 4.69) is 10.6 Å². The smallest absolute Gasteiger partial charge is 0.250 e. The average molecular weight is 384 g/mol. The van der Waals surface area contributed by atoms with Gasteiger partial charge in [-0.1, -0.05) is 12.1 Å². The summed E-state index contributed by atoms with van der Waals surface area (Å²) in [5.41, 5.74) is 6.02. The number of benzene rings is 1. The molecule has 0 saturated carbocycles. The van der Waals surface area contributed by atoms with Gasteiger partial charge in [-0.25, -0.2) is 0 Å². The van der Waals surface area contributed by atoms with E-state index in [1.165, 1.54) is 0 Å². The number of nitrogens with two attached hydrogens (primary N) is 1. The third-order valence-corrected chi connectivity index (χ3v) is 4.81. The molecule has 28 heavy (non-hydrogen) atoms. The molecule has 0 spiro atoms. The van der Waals surface area contributed by atoms with Crippen LogP contribution in [0.25, 0.3) is 0 Å². The second-order valence-corrected chi connectivity index (χ2v) is 6.81. The minimum absolute atomic E-state index is 0.0101. The molecule has 1 aliphatic heterocycles. The summed E-state index contributed by atoms with van der Waals surface area (Å²) in [6.07, 6.45) is 2.96. The lowest BCUT2D eigenvalue weighted by atomic mass is 9.96. The van der Waals surface area contributed by atoms with Crippen LogP contribution < -0.4 is 16.4 Å². The van der Waals surface area contributed by atoms with E-state index < -0.39 is 5.91 Å². The van der Waals surface area contributed by atoms with Gasteiger partial charge < -0.3 is 20.8 Å². The van der Waals surface area contributed by atoms with E-state index in [0.29, 0.717) is 38.2 Å². The maximum absolute atomic E-state index is 12.3. The van der Waals surface area contributed by atoms with Crippen molar-refractivity contribution in [2.75, 3.05) is 25.0 Å². The molecule has 4 N–H and O–H groups in total. The number of furan rings is 1. The summed E-state index contributed by atoms with van der Waals surface area (Å²) in [5, 5.41) is 5.62. The lowest BCUT2D eigenvalue weighted by Crippen LogP contribution is -2.43. The molecule has 1 saturated heterocycles. The molecule has 0 bridgehead atoms. The van der Waals surface area contributed by atoms with Crippen LogP contribution in [0.2, 0.25) is 0 Å². The minimum atomic E-state index is -0.586. The summed E-state index contributed by atoms with van der Waals surface area (Å²) < 4.78 is 5.21. The summed E-state index contributed by atoms with van der Waals surface area (Å²) in [4.78, 5) is 38.0. The Kier molecular flexibility index (Phi) is 6.44. The zero-order valence-corrected chi connectivity index (χ0v) is 15.5. The first-order valence-electron chi connectivity index (χ1n) is 9.24. The van der Waals surface area contributed by atoms with Crippen molar-refractivity contribution >= 4 is 23.4 Å². The maximum Gasteiger partial charge on any atom is 0.250 e. The fourth-order valence-corrected chi connectivity index (χ4v) is 3.28. The van der Waals surface area contributed by atoms with Crippen molar-refractivity contribution in [2.24, 2.45) is 11.7 Å². The molecule has 0 radical (unpaired) electrons. The van der Waals surface area contributed by atoms with Crippen LogP contribution in [0, 0.1) is 5.92 Å². The number of likely N-dealkylation sites (tertiary alicyclic amines) is 1. The lowest BCUT2D eigenvalue weighted by molar-refractivity contribution is -0.126. The Morgan fingerprint density at radius 3 is 2.54 bits per heavy atom. The monoisotopic (exact) mass is 384 g/mol. The van der Waals surface area contributed by atoms with Crippen molar-refractivity contribution in [1.29, 1.82) is 0 Å².